The Hall–Kier alpha value is -0.770. The first-order valence-electron chi connectivity index (χ1n) is 7.94. The Balaban J connectivity index is 2.24. The van der Waals surface area contributed by atoms with E-state index in [9.17, 15) is 0 Å². The van der Waals surface area contributed by atoms with Crippen LogP contribution in [0.15, 0.2) is 4.99 Å². The van der Waals surface area contributed by atoms with Gasteiger partial charge in [0.1, 0.15) is 0 Å². The normalized spacial score (nSPS) is 20.8. The van der Waals surface area contributed by atoms with Gasteiger partial charge in [0.2, 0.25) is 0 Å². The molecule has 4 nitrogen and oxygen atoms in total. The van der Waals surface area contributed by atoms with E-state index in [2.05, 4.69) is 55.6 Å². The fourth-order valence-corrected chi connectivity index (χ4v) is 2.55. The first-order valence-corrected chi connectivity index (χ1v) is 7.94. The minimum atomic E-state index is 0.174. The second kappa shape index (κ2) is 7.30. The predicted octanol–water partition coefficient (Wildman–Crippen LogP) is 2.51. The van der Waals surface area contributed by atoms with Crippen molar-refractivity contribution in [1.82, 2.24) is 16.0 Å². The lowest BCUT2D eigenvalue weighted by Crippen LogP contribution is -2.48. The van der Waals surface area contributed by atoms with Gasteiger partial charge in [-0.3, -0.25) is 4.99 Å². The lowest BCUT2D eigenvalue weighted by Gasteiger charge is -2.35. The third-order valence-corrected chi connectivity index (χ3v) is 3.98. The molecule has 1 rings (SSSR count). The third kappa shape index (κ3) is 7.13. The van der Waals surface area contributed by atoms with Crippen LogP contribution in [0.2, 0.25) is 0 Å². The van der Waals surface area contributed by atoms with Crippen molar-refractivity contribution < 1.29 is 0 Å². The Labute approximate surface area is 125 Å². The van der Waals surface area contributed by atoms with Crippen LogP contribution in [0.3, 0.4) is 0 Å². The average Bonchev–Trinajstić information content (AvgIpc) is 2.34. The molecule has 0 aliphatic heterocycles. The smallest absolute Gasteiger partial charge is 0.191 e. The summed E-state index contributed by atoms with van der Waals surface area (Å²) in [6, 6.07) is 0.574. The van der Waals surface area contributed by atoms with E-state index in [1.165, 1.54) is 25.7 Å². The molecule has 0 saturated heterocycles. The molecule has 0 amide bonds. The van der Waals surface area contributed by atoms with Gasteiger partial charge in [-0.25, -0.2) is 0 Å². The van der Waals surface area contributed by atoms with Gasteiger partial charge >= 0.3 is 0 Å². The summed E-state index contributed by atoms with van der Waals surface area (Å²) in [4.78, 5) is 4.32. The Morgan fingerprint density at radius 1 is 1.15 bits per heavy atom. The summed E-state index contributed by atoms with van der Waals surface area (Å²) in [6.45, 7) is 13.1. The van der Waals surface area contributed by atoms with Crippen LogP contribution >= 0.6 is 0 Å². The van der Waals surface area contributed by atoms with Crippen molar-refractivity contribution in [1.29, 1.82) is 0 Å². The molecule has 1 saturated carbocycles. The van der Waals surface area contributed by atoms with Gasteiger partial charge in [-0.15, -0.1) is 0 Å². The van der Waals surface area contributed by atoms with Crippen LogP contribution in [-0.4, -0.2) is 37.7 Å². The summed E-state index contributed by atoms with van der Waals surface area (Å²) in [5, 5.41) is 10.4. The molecule has 0 unspecified atom stereocenters. The molecule has 20 heavy (non-hydrogen) atoms. The van der Waals surface area contributed by atoms with E-state index < -0.39 is 0 Å². The van der Waals surface area contributed by atoms with Gasteiger partial charge < -0.3 is 16.0 Å². The summed E-state index contributed by atoms with van der Waals surface area (Å²) in [5.41, 5.74) is 0.694. The molecule has 3 N–H and O–H groups in total. The fourth-order valence-electron chi connectivity index (χ4n) is 2.55. The quantitative estimate of drug-likeness (QED) is 0.422. The van der Waals surface area contributed by atoms with Gasteiger partial charge in [0, 0.05) is 31.7 Å². The van der Waals surface area contributed by atoms with Crippen molar-refractivity contribution >= 4 is 5.96 Å². The lowest BCUT2D eigenvalue weighted by molar-refractivity contribution is 0.216. The first kappa shape index (κ1) is 17.3. The van der Waals surface area contributed by atoms with Gasteiger partial charge in [-0.05, 0) is 51.9 Å². The Morgan fingerprint density at radius 2 is 1.75 bits per heavy atom. The zero-order valence-corrected chi connectivity index (χ0v) is 14.3. The highest BCUT2D eigenvalue weighted by Crippen LogP contribution is 2.34. The zero-order chi connectivity index (χ0) is 15.2. The largest absolute Gasteiger partial charge is 0.355 e. The van der Waals surface area contributed by atoms with E-state index in [0.29, 0.717) is 11.5 Å². The van der Waals surface area contributed by atoms with Crippen LogP contribution < -0.4 is 16.0 Å². The van der Waals surface area contributed by atoms with Crippen LogP contribution in [0.25, 0.3) is 0 Å². The Morgan fingerprint density at radius 3 is 2.25 bits per heavy atom. The molecule has 1 fully saturated rings. The molecule has 0 aromatic heterocycles. The number of aliphatic imine (C=N–C) groups is 1. The SMILES string of the molecule is CN=C(NCCNC(C)(C)C)NC1CCC(C)(C)CC1. The third-order valence-electron chi connectivity index (χ3n) is 3.98. The van der Waals surface area contributed by atoms with Gasteiger partial charge in [0.05, 0.1) is 0 Å². The maximum atomic E-state index is 4.32. The number of hydrogen-bond donors (Lipinski definition) is 3. The van der Waals surface area contributed by atoms with E-state index in [0.717, 1.165) is 19.0 Å². The van der Waals surface area contributed by atoms with E-state index in [-0.39, 0.29) is 5.54 Å². The minimum Gasteiger partial charge on any atom is -0.355 e. The highest BCUT2D eigenvalue weighted by atomic mass is 15.2. The van der Waals surface area contributed by atoms with Crippen LogP contribution in [0.5, 0.6) is 0 Å². The highest BCUT2D eigenvalue weighted by molar-refractivity contribution is 5.79. The van der Waals surface area contributed by atoms with Crippen LogP contribution in [0.1, 0.15) is 60.3 Å². The number of nitrogens with zero attached hydrogens (tertiary/aromatic N) is 1. The summed E-state index contributed by atoms with van der Waals surface area (Å²) in [5.74, 6) is 0.936. The van der Waals surface area contributed by atoms with Crippen LogP contribution in [-0.2, 0) is 0 Å². The van der Waals surface area contributed by atoms with Gasteiger partial charge in [0.25, 0.3) is 0 Å². The number of nitrogens with one attached hydrogen (secondary N) is 3. The van der Waals surface area contributed by atoms with E-state index >= 15 is 0 Å². The minimum absolute atomic E-state index is 0.174. The molecule has 0 aromatic carbocycles. The van der Waals surface area contributed by atoms with Crippen molar-refractivity contribution in [2.24, 2.45) is 10.4 Å². The van der Waals surface area contributed by atoms with Crippen molar-refractivity contribution in [2.75, 3.05) is 20.1 Å². The molecule has 0 heterocycles. The monoisotopic (exact) mass is 282 g/mol. The van der Waals surface area contributed by atoms with E-state index in [4.69, 9.17) is 0 Å². The zero-order valence-electron chi connectivity index (χ0n) is 14.3. The average molecular weight is 282 g/mol. The molecule has 118 valence electrons. The van der Waals surface area contributed by atoms with Gasteiger partial charge in [0.15, 0.2) is 5.96 Å². The van der Waals surface area contributed by atoms with Gasteiger partial charge in [-0.2, -0.15) is 0 Å². The molecule has 0 bridgehead atoms. The second-order valence-corrected chi connectivity index (χ2v) is 7.76. The van der Waals surface area contributed by atoms with Crippen LogP contribution in [0, 0.1) is 5.41 Å². The first-order chi connectivity index (χ1) is 9.22. The van der Waals surface area contributed by atoms with Crippen molar-refractivity contribution in [3.63, 3.8) is 0 Å². The second-order valence-electron chi connectivity index (χ2n) is 7.76. The maximum Gasteiger partial charge on any atom is 0.191 e. The van der Waals surface area contributed by atoms with E-state index in [1.807, 2.05) is 7.05 Å². The topological polar surface area (TPSA) is 48.5 Å². The molecule has 0 atom stereocenters. The molecule has 1 aliphatic carbocycles. The predicted molar refractivity (Wildman–Crippen MR) is 88.3 cm³/mol. The summed E-state index contributed by atoms with van der Waals surface area (Å²) >= 11 is 0. The standard InChI is InChI=1S/C16H34N4/c1-15(2,3)19-12-11-18-14(17-6)20-13-7-9-16(4,5)10-8-13/h13,19H,7-12H2,1-6H3,(H2,17,18,20). The summed E-state index contributed by atoms with van der Waals surface area (Å²) in [7, 11) is 1.85. The Kier molecular flexibility index (Phi) is 6.31. The maximum absolute atomic E-state index is 4.32. The molecule has 1 aliphatic rings. The van der Waals surface area contributed by atoms with Crippen LogP contribution in [0.4, 0.5) is 0 Å². The molecule has 0 aromatic rings. The molecule has 0 spiro atoms. The number of rotatable bonds is 4. The molecular weight excluding hydrogens is 248 g/mol. The van der Waals surface area contributed by atoms with Crippen molar-refractivity contribution in [3.8, 4) is 0 Å². The highest BCUT2D eigenvalue weighted by Gasteiger charge is 2.27. The van der Waals surface area contributed by atoms with E-state index in [1.54, 1.807) is 0 Å². The number of guanidine groups is 1. The summed E-state index contributed by atoms with van der Waals surface area (Å²) < 4.78 is 0. The Bertz CT molecular complexity index is 305. The van der Waals surface area contributed by atoms with Crippen molar-refractivity contribution in [3.05, 3.63) is 0 Å². The fraction of sp³-hybridized carbons (Fsp3) is 0.938. The lowest BCUT2D eigenvalue weighted by atomic mass is 9.75. The number of hydrogen-bond acceptors (Lipinski definition) is 2. The summed E-state index contributed by atoms with van der Waals surface area (Å²) in [6.07, 6.45) is 5.09. The van der Waals surface area contributed by atoms with Crippen molar-refractivity contribution in [2.45, 2.75) is 71.9 Å². The molecular formula is C16H34N4. The molecule has 4 heteroatoms. The van der Waals surface area contributed by atoms with Gasteiger partial charge in [-0.1, -0.05) is 13.8 Å². The molecule has 0 radical (unpaired) electrons.